The Morgan fingerprint density at radius 2 is 1.33 bits per heavy atom. The molecule has 2 heterocycles. The number of amides is 5. The molecule has 2 aliphatic heterocycles. The Morgan fingerprint density at radius 3 is 1.96 bits per heavy atom. The van der Waals surface area contributed by atoms with Gasteiger partial charge >= 0.3 is 0 Å². The highest BCUT2D eigenvalue weighted by Gasteiger charge is 2.42. The second-order valence-electron chi connectivity index (χ2n) is 12.7. The molecule has 2 aromatic carbocycles. The molecule has 0 bridgehead atoms. The monoisotopic (exact) mass is 619 g/mol. The first kappa shape index (κ1) is 33.5. The fourth-order valence-electron chi connectivity index (χ4n) is 6.00. The Kier molecular flexibility index (Phi) is 10.8. The van der Waals surface area contributed by atoms with Crippen LogP contribution in [0.1, 0.15) is 51.7 Å². The molecule has 4 rings (SSSR count). The van der Waals surface area contributed by atoms with E-state index in [0.29, 0.717) is 24.9 Å². The number of likely N-dealkylation sites (N-methyl/N-ethyl adjacent to an activating group) is 1. The predicted octanol–water partition coefficient (Wildman–Crippen LogP) is 1.78. The molecule has 0 aromatic heterocycles. The molecule has 5 atom stereocenters. The molecule has 0 aliphatic carbocycles. The highest BCUT2D eigenvalue weighted by atomic mass is 16.3. The van der Waals surface area contributed by atoms with E-state index in [-0.39, 0.29) is 30.4 Å². The summed E-state index contributed by atoms with van der Waals surface area (Å²) in [5.41, 5.74) is 1.51. The predicted molar refractivity (Wildman–Crippen MR) is 169 cm³/mol. The Bertz CT molecular complexity index is 1380. The van der Waals surface area contributed by atoms with Crippen LogP contribution in [-0.2, 0) is 36.8 Å². The number of carbonyl (C=O) groups is 5. The normalized spacial score (nSPS) is 25.4. The van der Waals surface area contributed by atoms with Crippen LogP contribution in [0.25, 0.3) is 0 Å². The lowest BCUT2D eigenvalue weighted by molar-refractivity contribution is -0.144. The van der Waals surface area contributed by atoms with Crippen LogP contribution in [0, 0.1) is 11.8 Å². The van der Waals surface area contributed by atoms with Crippen LogP contribution in [0.5, 0.6) is 5.75 Å². The summed E-state index contributed by atoms with van der Waals surface area (Å²) < 4.78 is 0. The number of benzene rings is 2. The van der Waals surface area contributed by atoms with Crippen molar-refractivity contribution < 1.29 is 29.1 Å². The van der Waals surface area contributed by atoms with Crippen molar-refractivity contribution in [2.75, 3.05) is 13.6 Å². The summed E-state index contributed by atoms with van der Waals surface area (Å²) in [6.45, 7) is 7.55. The van der Waals surface area contributed by atoms with Crippen molar-refractivity contribution in [1.29, 1.82) is 0 Å². The van der Waals surface area contributed by atoms with Crippen LogP contribution in [0.15, 0.2) is 54.6 Å². The first-order chi connectivity index (χ1) is 21.4. The maximum atomic E-state index is 14.2. The number of rotatable bonds is 6. The number of hydrogen-bond donors (Lipinski definition) is 4. The van der Waals surface area contributed by atoms with E-state index < -0.39 is 59.7 Å². The zero-order chi connectivity index (χ0) is 32.8. The molecule has 242 valence electrons. The summed E-state index contributed by atoms with van der Waals surface area (Å²) in [5.74, 6) is -2.93. The molecule has 11 nitrogen and oxygen atoms in total. The number of fused-ring (bicyclic) bond motifs is 1. The number of aromatic hydroxyl groups is 1. The molecule has 0 spiro atoms. The summed E-state index contributed by atoms with van der Waals surface area (Å²) in [7, 11) is 1.53. The van der Waals surface area contributed by atoms with Gasteiger partial charge in [-0.2, -0.15) is 0 Å². The van der Waals surface area contributed by atoms with E-state index in [1.165, 1.54) is 29.0 Å². The van der Waals surface area contributed by atoms with Crippen LogP contribution < -0.4 is 16.0 Å². The van der Waals surface area contributed by atoms with E-state index in [9.17, 15) is 29.1 Å². The average molecular weight is 620 g/mol. The molecule has 11 heteroatoms. The van der Waals surface area contributed by atoms with Gasteiger partial charge in [0.25, 0.3) is 0 Å². The molecule has 4 N–H and O–H groups in total. The molecule has 0 radical (unpaired) electrons. The maximum absolute atomic E-state index is 14.2. The van der Waals surface area contributed by atoms with Gasteiger partial charge in [0.1, 0.15) is 36.0 Å². The summed E-state index contributed by atoms with van der Waals surface area (Å²) >= 11 is 0. The van der Waals surface area contributed by atoms with Crippen molar-refractivity contribution in [3.63, 3.8) is 0 Å². The highest BCUT2D eigenvalue weighted by Crippen LogP contribution is 2.22. The third kappa shape index (κ3) is 8.01. The van der Waals surface area contributed by atoms with E-state index in [1.54, 1.807) is 26.0 Å². The fourth-order valence-corrected chi connectivity index (χ4v) is 6.00. The fraction of sp³-hybridized carbons (Fsp3) is 0.500. The first-order valence-electron chi connectivity index (χ1n) is 15.7. The zero-order valence-electron chi connectivity index (χ0n) is 26.7. The van der Waals surface area contributed by atoms with Gasteiger partial charge in [-0.05, 0) is 47.9 Å². The Balaban J connectivity index is 1.80. The molecule has 2 saturated heterocycles. The molecule has 45 heavy (non-hydrogen) atoms. The van der Waals surface area contributed by atoms with Gasteiger partial charge in [0.05, 0.1) is 0 Å². The number of phenols is 1. The summed E-state index contributed by atoms with van der Waals surface area (Å²) in [5, 5.41) is 18.4. The van der Waals surface area contributed by atoms with Gasteiger partial charge < -0.3 is 30.9 Å². The lowest BCUT2D eigenvalue weighted by atomic mass is 9.97. The topological polar surface area (TPSA) is 148 Å². The van der Waals surface area contributed by atoms with Crippen LogP contribution >= 0.6 is 0 Å². The number of nitrogens with zero attached hydrogens (tertiary/aromatic N) is 2. The van der Waals surface area contributed by atoms with E-state index in [0.717, 1.165) is 5.56 Å². The summed E-state index contributed by atoms with van der Waals surface area (Å²) in [4.78, 5) is 72.4. The van der Waals surface area contributed by atoms with Crippen molar-refractivity contribution in [1.82, 2.24) is 25.8 Å². The van der Waals surface area contributed by atoms with E-state index >= 15 is 0 Å². The largest absolute Gasteiger partial charge is 0.508 e. The van der Waals surface area contributed by atoms with E-state index in [1.807, 2.05) is 44.2 Å². The Morgan fingerprint density at radius 1 is 0.733 bits per heavy atom. The molecular weight excluding hydrogens is 574 g/mol. The highest BCUT2D eigenvalue weighted by molar-refractivity contribution is 5.98. The van der Waals surface area contributed by atoms with Crippen molar-refractivity contribution >= 4 is 29.5 Å². The Labute approximate surface area is 264 Å². The minimum atomic E-state index is -1.05. The van der Waals surface area contributed by atoms with E-state index in [2.05, 4.69) is 16.0 Å². The van der Waals surface area contributed by atoms with Crippen LogP contribution in [0.3, 0.4) is 0 Å². The lowest BCUT2D eigenvalue weighted by Gasteiger charge is -2.34. The van der Waals surface area contributed by atoms with Gasteiger partial charge in [0, 0.05) is 26.4 Å². The van der Waals surface area contributed by atoms with Crippen molar-refractivity contribution in [3.05, 3.63) is 65.7 Å². The minimum absolute atomic E-state index is 0.0677. The number of nitrogens with one attached hydrogen (secondary N) is 3. The molecular formula is C34H45N5O6. The smallest absolute Gasteiger partial charge is 0.246 e. The van der Waals surface area contributed by atoms with Gasteiger partial charge in [-0.1, -0.05) is 70.2 Å². The Hall–Kier alpha value is -4.41. The van der Waals surface area contributed by atoms with Gasteiger partial charge in [-0.15, -0.1) is 0 Å². The van der Waals surface area contributed by atoms with E-state index in [4.69, 9.17) is 0 Å². The molecule has 2 aromatic rings. The second-order valence-corrected chi connectivity index (χ2v) is 12.7. The van der Waals surface area contributed by atoms with Gasteiger partial charge in [0.2, 0.25) is 29.5 Å². The van der Waals surface area contributed by atoms with Crippen molar-refractivity contribution in [2.45, 2.75) is 83.6 Å². The second kappa shape index (κ2) is 14.6. The average Bonchev–Trinajstić information content (AvgIpc) is 3.51. The standard InChI is InChI=1S/C34H45N5O6/c1-20(2)28-32(43)37-29(21(3)4)34(45)38(5)27(19-22-10-7-6-8-11-22)31(42)35-25(18-23-13-15-24(40)16-14-23)33(44)39-17-9-12-26(39)30(41)36-28/h6-8,10-11,13-16,20-21,25-29,40H,9,12,17-19H2,1-5H3,(H,35,42)(H,36,41)(H,37,43)/t25-,26+,27-,28-,29-/m0/s1. The van der Waals surface area contributed by atoms with Crippen molar-refractivity contribution in [2.24, 2.45) is 11.8 Å². The van der Waals surface area contributed by atoms with Crippen LogP contribution in [0.4, 0.5) is 0 Å². The van der Waals surface area contributed by atoms with Gasteiger partial charge in [0.15, 0.2) is 0 Å². The lowest BCUT2D eigenvalue weighted by Crippen LogP contribution is -2.60. The van der Waals surface area contributed by atoms with Crippen molar-refractivity contribution in [3.8, 4) is 5.75 Å². The molecule has 2 fully saturated rings. The van der Waals surface area contributed by atoms with Crippen LogP contribution in [-0.4, -0.2) is 88.2 Å². The SMILES string of the molecule is CC(C)[C@@H]1NC(=O)[C@H]2CCCN2C(=O)[C@H](Cc2ccc(O)cc2)NC(=O)[C@H](Cc2ccccc2)N(C)C(=O)[C@H](C(C)C)NC1=O. The maximum Gasteiger partial charge on any atom is 0.246 e. The molecule has 0 saturated carbocycles. The minimum Gasteiger partial charge on any atom is -0.508 e. The summed E-state index contributed by atoms with van der Waals surface area (Å²) in [6.07, 6.45) is 1.28. The number of carbonyl (C=O) groups excluding carboxylic acids is 5. The molecule has 2 aliphatic rings. The molecule has 5 amide bonds. The third-order valence-electron chi connectivity index (χ3n) is 8.70. The quantitative estimate of drug-likeness (QED) is 0.388. The molecule has 0 unspecified atom stereocenters. The third-order valence-corrected chi connectivity index (χ3v) is 8.70. The zero-order valence-corrected chi connectivity index (χ0v) is 26.7. The number of hydrogen-bond acceptors (Lipinski definition) is 6. The van der Waals surface area contributed by atoms with Gasteiger partial charge in [-0.25, -0.2) is 0 Å². The number of phenolic OH excluding ortho intramolecular Hbond substituents is 1. The van der Waals surface area contributed by atoms with Crippen LogP contribution in [0.2, 0.25) is 0 Å². The summed E-state index contributed by atoms with van der Waals surface area (Å²) in [6, 6.07) is 10.9. The first-order valence-corrected chi connectivity index (χ1v) is 15.7. The van der Waals surface area contributed by atoms with Gasteiger partial charge in [-0.3, -0.25) is 24.0 Å².